The van der Waals surface area contributed by atoms with Crippen LogP contribution in [0.25, 0.3) is 0 Å². The molecule has 3 heteroatoms. The van der Waals surface area contributed by atoms with Crippen LogP contribution in [0.2, 0.25) is 5.02 Å². The van der Waals surface area contributed by atoms with E-state index in [1.54, 1.807) is 0 Å². The maximum Gasteiger partial charge on any atom is 0.0468 e. The lowest BCUT2D eigenvalue weighted by Crippen LogP contribution is -2.21. The molecule has 0 saturated carbocycles. The van der Waals surface area contributed by atoms with Crippen LogP contribution in [0.1, 0.15) is 30.9 Å². The number of ether oxygens (including phenoxy) is 1. The first-order valence-electron chi connectivity index (χ1n) is 5.84. The predicted octanol–water partition coefficient (Wildman–Crippen LogP) is 3.16. The molecule has 1 unspecified atom stereocenters. The van der Waals surface area contributed by atoms with Crippen molar-refractivity contribution in [2.24, 2.45) is 11.7 Å². The van der Waals surface area contributed by atoms with Gasteiger partial charge in [-0.25, -0.2) is 0 Å². The summed E-state index contributed by atoms with van der Waals surface area (Å²) in [7, 11) is 0. The van der Waals surface area contributed by atoms with Gasteiger partial charge in [-0.15, -0.1) is 0 Å². The van der Waals surface area contributed by atoms with Crippen molar-refractivity contribution in [1.29, 1.82) is 0 Å². The maximum atomic E-state index is 6.20. The molecule has 2 N–H and O–H groups in total. The van der Waals surface area contributed by atoms with E-state index in [2.05, 4.69) is 6.07 Å². The highest BCUT2D eigenvalue weighted by atomic mass is 35.5. The smallest absolute Gasteiger partial charge is 0.0468 e. The number of rotatable bonds is 3. The third kappa shape index (κ3) is 3.21. The molecular weight excluding hydrogens is 222 g/mol. The highest BCUT2D eigenvalue weighted by Crippen LogP contribution is 2.27. The first-order valence-corrected chi connectivity index (χ1v) is 6.22. The molecule has 0 bridgehead atoms. The highest BCUT2D eigenvalue weighted by Gasteiger charge is 2.18. The molecule has 88 valence electrons. The Morgan fingerprint density at radius 3 is 2.81 bits per heavy atom. The number of benzene rings is 1. The Kier molecular flexibility index (Phi) is 4.22. The van der Waals surface area contributed by atoms with E-state index in [1.165, 1.54) is 0 Å². The largest absolute Gasteiger partial charge is 0.381 e. The van der Waals surface area contributed by atoms with Crippen molar-refractivity contribution in [3.8, 4) is 0 Å². The molecule has 16 heavy (non-hydrogen) atoms. The highest BCUT2D eigenvalue weighted by molar-refractivity contribution is 6.30. The first-order chi connectivity index (χ1) is 7.75. The summed E-state index contributed by atoms with van der Waals surface area (Å²) in [5.41, 5.74) is 7.33. The van der Waals surface area contributed by atoms with E-state index in [-0.39, 0.29) is 6.04 Å². The summed E-state index contributed by atoms with van der Waals surface area (Å²) in [6.07, 6.45) is 3.30. The Hall–Kier alpha value is -0.570. The second-order valence-electron chi connectivity index (χ2n) is 4.45. The van der Waals surface area contributed by atoms with Gasteiger partial charge in [0.05, 0.1) is 0 Å². The second-order valence-corrected chi connectivity index (χ2v) is 4.89. The van der Waals surface area contributed by atoms with E-state index >= 15 is 0 Å². The van der Waals surface area contributed by atoms with Crippen LogP contribution in [-0.4, -0.2) is 13.2 Å². The third-order valence-electron chi connectivity index (χ3n) is 3.20. The monoisotopic (exact) mass is 239 g/mol. The van der Waals surface area contributed by atoms with Gasteiger partial charge in [0, 0.05) is 24.3 Å². The molecule has 1 aliphatic rings. The van der Waals surface area contributed by atoms with Crippen LogP contribution in [0.5, 0.6) is 0 Å². The number of nitrogens with two attached hydrogens (primary N) is 1. The zero-order valence-electron chi connectivity index (χ0n) is 9.36. The van der Waals surface area contributed by atoms with Crippen molar-refractivity contribution < 1.29 is 4.74 Å². The van der Waals surface area contributed by atoms with E-state index in [1.807, 2.05) is 18.2 Å². The van der Waals surface area contributed by atoms with E-state index in [9.17, 15) is 0 Å². The molecule has 0 aromatic heterocycles. The normalized spacial score (nSPS) is 19.6. The van der Waals surface area contributed by atoms with Gasteiger partial charge in [-0.3, -0.25) is 0 Å². The summed E-state index contributed by atoms with van der Waals surface area (Å²) in [5, 5.41) is 0.764. The van der Waals surface area contributed by atoms with Crippen LogP contribution >= 0.6 is 11.6 Å². The van der Waals surface area contributed by atoms with Crippen molar-refractivity contribution in [2.75, 3.05) is 13.2 Å². The lowest BCUT2D eigenvalue weighted by atomic mass is 9.90. The Morgan fingerprint density at radius 1 is 1.38 bits per heavy atom. The fraction of sp³-hybridized carbons (Fsp3) is 0.538. The molecule has 1 aromatic rings. The molecule has 1 atom stereocenters. The van der Waals surface area contributed by atoms with Crippen LogP contribution in [0.4, 0.5) is 0 Å². The minimum absolute atomic E-state index is 0.0989. The average Bonchev–Trinajstić information content (AvgIpc) is 2.30. The maximum absolute atomic E-state index is 6.20. The van der Waals surface area contributed by atoms with Crippen LogP contribution in [0, 0.1) is 5.92 Å². The Morgan fingerprint density at radius 2 is 2.12 bits per heavy atom. The summed E-state index contributed by atoms with van der Waals surface area (Å²) < 4.78 is 5.34. The predicted molar refractivity (Wildman–Crippen MR) is 66.5 cm³/mol. The minimum atomic E-state index is 0.0989. The SMILES string of the molecule is NC(CC1CCOCC1)c1cccc(Cl)c1. The van der Waals surface area contributed by atoms with E-state index in [4.69, 9.17) is 22.1 Å². The van der Waals surface area contributed by atoms with Crippen LogP contribution < -0.4 is 5.73 Å². The standard InChI is InChI=1S/C13H18ClNO/c14-12-3-1-2-11(9-12)13(15)8-10-4-6-16-7-5-10/h1-3,9-10,13H,4-8,15H2. The fourth-order valence-corrected chi connectivity index (χ4v) is 2.41. The van der Waals surface area contributed by atoms with Crippen molar-refractivity contribution in [3.63, 3.8) is 0 Å². The summed E-state index contributed by atoms with van der Waals surface area (Å²) in [6, 6.07) is 7.96. The number of hydrogen-bond acceptors (Lipinski definition) is 2. The van der Waals surface area contributed by atoms with Gasteiger partial charge in [0.2, 0.25) is 0 Å². The van der Waals surface area contributed by atoms with Gasteiger partial charge in [-0.1, -0.05) is 23.7 Å². The molecule has 0 spiro atoms. The second kappa shape index (κ2) is 5.67. The molecule has 0 radical (unpaired) electrons. The molecule has 0 amide bonds. The van der Waals surface area contributed by atoms with E-state index in [0.717, 1.165) is 43.1 Å². The Labute approximate surface area is 102 Å². The number of hydrogen-bond donors (Lipinski definition) is 1. The van der Waals surface area contributed by atoms with Crippen LogP contribution in [0.3, 0.4) is 0 Å². The van der Waals surface area contributed by atoms with Crippen molar-refractivity contribution in [1.82, 2.24) is 0 Å². The molecule has 1 aliphatic heterocycles. The van der Waals surface area contributed by atoms with Crippen molar-refractivity contribution in [3.05, 3.63) is 34.9 Å². The molecule has 1 saturated heterocycles. The molecule has 1 heterocycles. The van der Waals surface area contributed by atoms with Gasteiger partial charge < -0.3 is 10.5 Å². The minimum Gasteiger partial charge on any atom is -0.381 e. The molecular formula is C13H18ClNO. The topological polar surface area (TPSA) is 35.2 Å². The van der Waals surface area contributed by atoms with Gasteiger partial charge in [-0.2, -0.15) is 0 Å². The van der Waals surface area contributed by atoms with E-state index < -0.39 is 0 Å². The third-order valence-corrected chi connectivity index (χ3v) is 3.44. The summed E-state index contributed by atoms with van der Waals surface area (Å²) >= 11 is 5.96. The molecule has 2 nitrogen and oxygen atoms in total. The van der Waals surface area contributed by atoms with Gasteiger partial charge in [0.15, 0.2) is 0 Å². The quantitative estimate of drug-likeness (QED) is 0.880. The van der Waals surface area contributed by atoms with E-state index in [0.29, 0.717) is 5.92 Å². The first kappa shape index (κ1) is 11.9. The van der Waals surface area contributed by atoms with Crippen molar-refractivity contribution >= 4 is 11.6 Å². The van der Waals surface area contributed by atoms with Gasteiger partial charge in [0.25, 0.3) is 0 Å². The average molecular weight is 240 g/mol. The summed E-state index contributed by atoms with van der Waals surface area (Å²) in [6.45, 7) is 1.76. The van der Waals surface area contributed by atoms with Gasteiger partial charge >= 0.3 is 0 Å². The van der Waals surface area contributed by atoms with Gasteiger partial charge in [0.1, 0.15) is 0 Å². The molecule has 2 rings (SSSR count). The molecule has 0 aliphatic carbocycles. The molecule has 1 aromatic carbocycles. The summed E-state index contributed by atoms with van der Waals surface area (Å²) in [5.74, 6) is 0.697. The summed E-state index contributed by atoms with van der Waals surface area (Å²) in [4.78, 5) is 0. The fourth-order valence-electron chi connectivity index (χ4n) is 2.21. The van der Waals surface area contributed by atoms with Crippen LogP contribution in [0.15, 0.2) is 24.3 Å². The number of halogens is 1. The zero-order chi connectivity index (χ0) is 11.4. The zero-order valence-corrected chi connectivity index (χ0v) is 10.1. The lowest BCUT2D eigenvalue weighted by Gasteiger charge is -2.25. The Balaban J connectivity index is 1.94. The van der Waals surface area contributed by atoms with Gasteiger partial charge in [-0.05, 0) is 42.9 Å². The Bertz CT molecular complexity index is 336. The molecule has 1 fully saturated rings. The van der Waals surface area contributed by atoms with Crippen LogP contribution in [-0.2, 0) is 4.74 Å². The van der Waals surface area contributed by atoms with Crippen molar-refractivity contribution in [2.45, 2.75) is 25.3 Å². The lowest BCUT2D eigenvalue weighted by molar-refractivity contribution is 0.0618.